The maximum absolute atomic E-state index is 4.72. The van der Waals surface area contributed by atoms with E-state index in [1.54, 1.807) is 18.4 Å². The van der Waals surface area contributed by atoms with Crippen LogP contribution >= 0.6 is 11.3 Å². The summed E-state index contributed by atoms with van der Waals surface area (Å²) in [5.74, 6) is 1.86. The SMILES string of the molecule is CN=C(NCCCn1c(C)nc2ccccc21)NCc1csc(C(C)(C)C)n1. The van der Waals surface area contributed by atoms with Gasteiger partial charge in [-0.2, -0.15) is 0 Å². The van der Waals surface area contributed by atoms with Gasteiger partial charge >= 0.3 is 0 Å². The Morgan fingerprint density at radius 1 is 1.18 bits per heavy atom. The van der Waals surface area contributed by atoms with Crippen LogP contribution in [0.25, 0.3) is 11.0 Å². The summed E-state index contributed by atoms with van der Waals surface area (Å²) in [5, 5.41) is 10.0. The number of hydrogen-bond acceptors (Lipinski definition) is 4. The maximum Gasteiger partial charge on any atom is 0.191 e. The molecule has 0 saturated heterocycles. The summed E-state index contributed by atoms with van der Waals surface area (Å²) in [7, 11) is 1.80. The first kappa shape index (κ1) is 20.3. The lowest BCUT2D eigenvalue weighted by molar-refractivity contribution is 0.582. The summed E-state index contributed by atoms with van der Waals surface area (Å²) in [6, 6.07) is 8.28. The third kappa shape index (κ3) is 4.90. The molecule has 3 aromatic rings. The van der Waals surface area contributed by atoms with Crippen LogP contribution in [0.15, 0.2) is 34.6 Å². The first-order chi connectivity index (χ1) is 13.4. The molecule has 3 rings (SSSR count). The van der Waals surface area contributed by atoms with Gasteiger partial charge in [0.15, 0.2) is 5.96 Å². The van der Waals surface area contributed by atoms with Crippen LogP contribution in [0, 0.1) is 6.92 Å². The van der Waals surface area contributed by atoms with E-state index in [0.717, 1.165) is 47.5 Å². The number of imidazole rings is 1. The quantitative estimate of drug-likeness (QED) is 0.376. The fraction of sp³-hybridized carbons (Fsp3) is 0.476. The van der Waals surface area contributed by atoms with Crippen molar-refractivity contribution < 1.29 is 0 Å². The molecule has 28 heavy (non-hydrogen) atoms. The molecule has 0 aliphatic heterocycles. The third-order valence-corrected chi connectivity index (χ3v) is 5.87. The van der Waals surface area contributed by atoms with Crippen LogP contribution in [0.2, 0.25) is 0 Å². The number of nitrogens with zero attached hydrogens (tertiary/aromatic N) is 4. The number of benzene rings is 1. The Labute approximate surface area is 171 Å². The van der Waals surface area contributed by atoms with Gasteiger partial charge in [0.05, 0.1) is 28.3 Å². The number of nitrogens with one attached hydrogen (secondary N) is 2. The van der Waals surface area contributed by atoms with Crippen LogP contribution in [0.5, 0.6) is 0 Å². The largest absolute Gasteiger partial charge is 0.356 e. The van der Waals surface area contributed by atoms with Crippen LogP contribution in [0.4, 0.5) is 0 Å². The second kappa shape index (κ2) is 8.73. The lowest BCUT2D eigenvalue weighted by Crippen LogP contribution is -2.37. The Balaban J connectivity index is 1.47. The number of guanidine groups is 1. The van der Waals surface area contributed by atoms with E-state index < -0.39 is 0 Å². The summed E-state index contributed by atoms with van der Waals surface area (Å²) in [6.07, 6.45) is 0.993. The van der Waals surface area contributed by atoms with Crippen LogP contribution in [-0.2, 0) is 18.5 Å². The number of para-hydroxylation sites is 2. The Kier molecular flexibility index (Phi) is 6.34. The predicted octanol–water partition coefficient (Wildman–Crippen LogP) is 3.85. The molecule has 6 nitrogen and oxygen atoms in total. The first-order valence-electron chi connectivity index (χ1n) is 9.70. The van der Waals surface area contributed by atoms with Gasteiger partial charge in [0.2, 0.25) is 0 Å². The van der Waals surface area contributed by atoms with E-state index in [9.17, 15) is 0 Å². The average Bonchev–Trinajstić information content (AvgIpc) is 3.25. The van der Waals surface area contributed by atoms with Crippen LogP contribution in [0.3, 0.4) is 0 Å². The zero-order chi connectivity index (χ0) is 20.1. The van der Waals surface area contributed by atoms with Crippen molar-refractivity contribution in [1.29, 1.82) is 0 Å². The summed E-state index contributed by atoms with van der Waals surface area (Å²) in [5.41, 5.74) is 3.40. The number of aliphatic imine (C=N–C) groups is 1. The van der Waals surface area contributed by atoms with E-state index >= 15 is 0 Å². The highest BCUT2D eigenvalue weighted by Gasteiger charge is 2.17. The Hall–Kier alpha value is -2.41. The number of thiazole rings is 1. The average molecular weight is 399 g/mol. The molecule has 0 amide bonds. The van der Waals surface area contributed by atoms with Crippen LogP contribution in [-0.4, -0.2) is 34.1 Å². The molecule has 150 valence electrons. The Bertz CT molecular complexity index is 947. The molecule has 1 aromatic carbocycles. The van der Waals surface area contributed by atoms with Crippen molar-refractivity contribution in [3.8, 4) is 0 Å². The number of fused-ring (bicyclic) bond motifs is 1. The van der Waals surface area contributed by atoms with Gasteiger partial charge in [-0.15, -0.1) is 11.3 Å². The van der Waals surface area contributed by atoms with Crippen LogP contribution < -0.4 is 10.6 Å². The molecule has 0 saturated carbocycles. The Morgan fingerprint density at radius 2 is 1.96 bits per heavy atom. The van der Waals surface area contributed by atoms with Crippen molar-refractivity contribution in [2.75, 3.05) is 13.6 Å². The lowest BCUT2D eigenvalue weighted by Gasteiger charge is -2.14. The van der Waals surface area contributed by atoms with Crippen molar-refractivity contribution in [1.82, 2.24) is 25.2 Å². The summed E-state index contributed by atoms with van der Waals surface area (Å²) in [4.78, 5) is 13.7. The van der Waals surface area contributed by atoms with Crippen molar-refractivity contribution in [3.05, 3.63) is 46.2 Å². The molecule has 0 aliphatic carbocycles. The van der Waals surface area contributed by atoms with E-state index in [1.165, 1.54) is 5.52 Å². The van der Waals surface area contributed by atoms with E-state index in [1.807, 2.05) is 6.07 Å². The smallest absolute Gasteiger partial charge is 0.191 e. The van der Waals surface area contributed by atoms with Gasteiger partial charge in [0, 0.05) is 30.9 Å². The monoisotopic (exact) mass is 398 g/mol. The second-order valence-corrected chi connectivity index (χ2v) is 8.76. The predicted molar refractivity (Wildman–Crippen MR) is 118 cm³/mol. The zero-order valence-corrected chi connectivity index (χ0v) is 18.2. The molecular formula is C21H30N6S. The molecule has 0 atom stereocenters. The minimum absolute atomic E-state index is 0.0957. The summed E-state index contributed by atoms with van der Waals surface area (Å²) >= 11 is 1.72. The number of hydrogen-bond donors (Lipinski definition) is 2. The normalized spacial score (nSPS) is 12.5. The molecule has 0 unspecified atom stereocenters. The lowest BCUT2D eigenvalue weighted by atomic mass is 9.98. The molecule has 2 heterocycles. The van der Waals surface area contributed by atoms with Crippen molar-refractivity contribution in [3.63, 3.8) is 0 Å². The minimum atomic E-state index is 0.0957. The second-order valence-electron chi connectivity index (χ2n) is 7.90. The molecule has 0 aliphatic rings. The maximum atomic E-state index is 4.72. The van der Waals surface area contributed by atoms with Gasteiger partial charge in [0.1, 0.15) is 5.82 Å². The molecule has 0 bridgehead atoms. The van der Waals surface area contributed by atoms with E-state index in [2.05, 4.69) is 76.5 Å². The highest BCUT2D eigenvalue weighted by Crippen LogP contribution is 2.25. The minimum Gasteiger partial charge on any atom is -0.356 e. The van der Waals surface area contributed by atoms with E-state index in [0.29, 0.717) is 6.54 Å². The van der Waals surface area contributed by atoms with Gasteiger partial charge in [-0.05, 0) is 25.5 Å². The summed E-state index contributed by atoms with van der Waals surface area (Å²) in [6.45, 7) is 11.1. The molecule has 0 spiro atoms. The van der Waals surface area contributed by atoms with Gasteiger partial charge in [-0.1, -0.05) is 32.9 Å². The third-order valence-electron chi connectivity index (χ3n) is 4.55. The number of rotatable bonds is 6. The highest BCUT2D eigenvalue weighted by molar-refractivity contribution is 7.09. The van der Waals surface area contributed by atoms with E-state index in [-0.39, 0.29) is 5.41 Å². The number of aromatic nitrogens is 3. The molecule has 2 aromatic heterocycles. The molecular weight excluding hydrogens is 368 g/mol. The fourth-order valence-electron chi connectivity index (χ4n) is 3.05. The van der Waals surface area contributed by atoms with Crippen molar-refractivity contribution in [2.24, 2.45) is 4.99 Å². The Morgan fingerprint density at radius 3 is 2.68 bits per heavy atom. The van der Waals surface area contributed by atoms with Crippen LogP contribution in [0.1, 0.15) is 43.7 Å². The number of aryl methyl sites for hydroxylation is 2. The van der Waals surface area contributed by atoms with E-state index in [4.69, 9.17) is 4.98 Å². The molecule has 7 heteroatoms. The standard InChI is InChI=1S/C21H30N6S/c1-15-25-17-9-6-7-10-18(17)27(15)12-8-11-23-20(22-5)24-13-16-14-28-19(26-16)21(2,3)4/h6-7,9-10,14H,8,11-13H2,1-5H3,(H2,22,23,24). The topological polar surface area (TPSA) is 67.1 Å². The van der Waals surface area contributed by atoms with Crippen molar-refractivity contribution in [2.45, 2.75) is 52.6 Å². The molecule has 0 radical (unpaired) electrons. The van der Waals surface area contributed by atoms with Gasteiger partial charge in [-0.25, -0.2) is 9.97 Å². The first-order valence-corrected chi connectivity index (χ1v) is 10.6. The molecule has 2 N–H and O–H groups in total. The van der Waals surface area contributed by atoms with Crippen molar-refractivity contribution >= 4 is 28.3 Å². The van der Waals surface area contributed by atoms with Gasteiger partial charge in [-0.3, -0.25) is 4.99 Å². The zero-order valence-electron chi connectivity index (χ0n) is 17.4. The molecule has 0 fully saturated rings. The fourth-order valence-corrected chi connectivity index (χ4v) is 3.96. The summed E-state index contributed by atoms with van der Waals surface area (Å²) < 4.78 is 2.27. The highest BCUT2D eigenvalue weighted by atomic mass is 32.1. The van der Waals surface area contributed by atoms with Gasteiger partial charge < -0.3 is 15.2 Å². The van der Waals surface area contributed by atoms with Gasteiger partial charge in [0.25, 0.3) is 0 Å².